The van der Waals surface area contributed by atoms with Crippen molar-refractivity contribution in [2.45, 2.75) is 32.2 Å². The lowest BCUT2D eigenvalue weighted by atomic mass is 10.1. The summed E-state index contributed by atoms with van der Waals surface area (Å²) >= 11 is 0. The molecular weight excluding hydrogens is 194 g/mol. The molecule has 0 aromatic rings. The summed E-state index contributed by atoms with van der Waals surface area (Å²) in [6, 6.07) is 0.470. The van der Waals surface area contributed by atoms with Crippen molar-refractivity contribution in [2.75, 3.05) is 26.4 Å². The molecule has 0 saturated carbocycles. The standard InChI is InChI=1S/C10H21N3O2/c1-2-3-4-9-7-12-5-6-13(9)8-15-10(11)14/h9,12H,2-8H2,1H3,(H2,11,14). The Morgan fingerprint density at radius 3 is 3.13 bits per heavy atom. The molecule has 0 aromatic carbocycles. The van der Waals surface area contributed by atoms with E-state index in [1.165, 1.54) is 12.8 Å². The molecule has 1 unspecified atom stereocenters. The molecular formula is C10H21N3O2. The molecule has 0 bridgehead atoms. The molecule has 88 valence electrons. The molecule has 5 heteroatoms. The van der Waals surface area contributed by atoms with E-state index >= 15 is 0 Å². The Labute approximate surface area is 90.9 Å². The number of nitrogens with one attached hydrogen (secondary N) is 1. The summed E-state index contributed by atoms with van der Waals surface area (Å²) in [6.45, 7) is 5.35. The zero-order valence-corrected chi connectivity index (χ0v) is 9.37. The lowest BCUT2D eigenvalue weighted by molar-refractivity contribution is 0.0323. The highest BCUT2D eigenvalue weighted by molar-refractivity contribution is 5.64. The lowest BCUT2D eigenvalue weighted by Gasteiger charge is -2.35. The summed E-state index contributed by atoms with van der Waals surface area (Å²) < 4.78 is 4.83. The van der Waals surface area contributed by atoms with Crippen LogP contribution in [0.1, 0.15) is 26.2 Å². The summed E-state index contributed by atoms with van der Waals surface area (Å²) in [7, 11) is 0. The second-order valence-corrected chi connectivity index (χ2v) is 3.91. The largest absolute Gasteiger partial charge is 0.434 e. The molecule has 0 spiro atoms. The van der Waals surface area contributed by atoms with Gasteiger partial charge in [0.2, 0.25) is 0 Å². The average Bonchev–Trinajstić information content (AvgIpc) is 2.24. The van der Waals surface area contributed by atoms with E-state index in [1.54, 1.807) is 0 Å². The molecule has 1 amide bonds. The third-order valence-electron chi connectivity index (χ3n) is 2.74. The van der Waals surface area contributed by atoms with Crippen LogP contribution in [0, 0.1) is 0 Å². The summed E-state index contributed by atoms with van der Waals surface area (Å²) in [4.78, 5) is 12.7. The van der Waals surface area contributed by atoms with Crippen molar-refractivity contribution in [3.05, 3.63) is 0 Å². The highest BCUT2D eigenvalue weighted by Crippen LogP contribution is 2.10. The first kappa shape index (κ1) is 12.3. The van der Waals surface area contributed by atoms with Crippen LogP contribution in [0.5, 0.6) is 0 Å². The Bertz CT molecular complexity index is 199. The lowest BCUT2D eigenvalue weighted by Crippen LogP contribution is -2.52. The fourth-order valence-electron chi connectivity index (χ4n) is 1.84. The molecule has 1 atom stereocenters. The number of nitrogens with zero attached hydrogens (tertiary/aromatic N) is 1. The summed E-state index contributed by atoms with van der Waals surface area (Å²) in [5.41, 5.74) is 4.95. The Morgan fingerprint density at radius 2 is 2.47 bits per heavy atom. The minimum Gasteiger partial charge on any atom is -0.434 e. The molecule has 1 fully saturated rings. The molecule has 1 aliphatic heterocycles. The quantitative estimate of drug-likeness (QED) is 0.701. The number of piperazine rings is 1. The summed E-state index contributed by atoms with van der Waals surface area (Å²) in [5.74, 6) is 0. The number of unbranched alkanes of at least 4 members (excludes halogenated alkanes) is 1. The van der Waals surface area contributed by atoms with E-state index in [0.29, 0.717) is 12.8 Å². The summed E-state index contributed by atoms with van der Waals surface area (Å²) in [6.07, 6.45) is 2.86. The van der Waals surface area contributed by atoms with Crippen LogP contribution in [-0.2, 0) is 4.74 Å². The van der Waals surface area contributed by atoms with Crippen LogP contribution in [0.15, 0.2) is 0 Å². The van der Waals surface area contributed by atoms with Crippen molar-refractivity contribution in [1.82, 2.24) is 10.2 Å². The highest BCUT2D eigenvalue weighted by Gasteiger charge is 2.21. The fourth-order valence-corrected chi connectivity index (χ4v) is 1.84. The van der Waals surface area contributed by atoms with Gasteiger partial charge in [-0.3, -0.25) is 4.90 Å². The van der Waals surface area contributed by atoms with Gasteiger partial charge in [-0.2, -0.15) is 0 Å². The van der Waals surface area contributed by atoms with Crippen molar-refractivity contribution >= 4 is 6.09 Å². The Kier molecular flexibility index (Phi) is 5.42. The predicted molar refractivity (Wildman–Crippen MR) is 58.4 cm³/mol. The molecule has 0 radical (unpaired) electrons. The van der Waals surface area contributed by atoms with E-state index in [4.69, 9.17) is 10.5 Å². The van der Waals surface area contributed by atoms with Crippen molar-refractivity contribution in [3.63, 3.8) is 0 Å². The van der Waals surface area contributed by atoms with Gasteiger partial charge in [0.25, 0.3) is 0 Å². The van der Waals surface area contributed by atoms with E-state index in [9.17, 15) is 4.79 Å². The van der Waals surface area contributed by atoms with Gasteiger partial charge >= 0.3 is 6.09 Å². The Morgan fingerprint density at radius 1 is 1.67 bits per heavy atom. The first-order valence-corrected chi connectivity index (χ1v) is 5.61. The molecule has 0 aromatic heterocycles. The van der Waals surface area contributed by atoms with E-state index in [0.717, 1.165) is 26.1 Å². The van der Waals surface area contributed by atoms with Crippen LogP contribution >= 0.6 is 0 Å². The number of hydrogen-bond acceptors (Lipinski definition) is 4. The zero-order chi connectivity index (χ0) is 11.1. The number of amides is 1. The first-order chi connectivity index (χ1) is 7.24. The topological polar surface area (TPSA) is 67.6 Å². The molecule has 1 heterocycles. The molecule has 3 N–H and O–H groups in total. The van der Waals surface area contributed by atoms with Gasteiger partial charge in [0, 0.05) is 25.7 Å². The third kappa shape index (κ3) is 4.48. The average molecular weight is 215 g/mol. The first-order valence-electron chi connectivity index (χ1n) is 5.61. The number of primary amides is 1. The number of carbonyl (C=O) groups excluding carboxylic acids is 1. The maximum absolute atomic E-state index is 10.5. The number of ether oxygens (including phenoxy) is 1. The van der Waals surface area contributed by atoms with Crippen LogP contribution in [0.3, 0.4) is 0 Å². The SMILES string of the molecule is CCCCC1CNCCN1COC(N)=O. The fraction of sp³-hybridized carbons (Fsp3) is 0.900. The molecule has 1 aliphatic rings. The van der Waals surface area contributed by atoms with Crippen LogP contribution in [0.25, 0.3) is 0 Å². The highest BCUT2D eigenvalue weighted by atomic mass is 16.6. The van der Waals surface area contributed by atoms with Gasteiger partial charge in [-0.25, -0.2) is 4.79 Å². The maximum atomic E-state index is 10.5. The third-order valence-corrected chi connectivity index (χ3v) is 2.74. The summed E-state index contributed by atoms with van der Waals surface area (Å²) in [5, 5.41) is 3.35. The van der Waals surface area contributed by atoms with Crippen LogP contribution in [0.2, 0.25) is 0 Å². The number of rotatable bonds is 5. The molecule has 5 nitrogen and oxygen atoms in total. The molecule has 1 rings (SSSR count). The van der Waals surface area contributed by atoms with Crippen molar-refractivity contribution in [2.24, 2.45) is 5.73 Å². The number of hydrogen-bond donors (Lipinski definition) is 2. The van der Waals surface area contributed by atoms with Crippen LogP contribution in [0.4, 0.5) is 4.79 Å². The van der Waals surface area contributed by atoms with Crippen molar-refractivity contribution in [3.8, 4) is 0 Å². The van der Waals surface area contributed by atoms with Crippen LogP contribution in [-0.4, -0.2) is 43.4 Å². The van der Waals surface area contributed by atoms with Gasteiger partial charge in [-0.05, 0) is 6.42 Å². The van der Waals surface area contributed by atoms with Crippen molar-refractivity contribution < 1.29 is 9.53 Å². The Hall–Kier alpha value is -0.810. The van der Waals surface area contributed by atoms with Gasteiger partial charge in [0.15, 0.2) is 0 Å². The van der Waals surface area contributed by atoms with Crippen LogP contribution < -0.4 is 11.1 Å². The second kappa shape index (κ2) is 6.63. The zero-order valence-electron chi connectivity index (χ0n) is 9.37. The monoisotopic (exact) mass is 215 g/mol. The Balaban J connectivity index is 2.32. The maximum Gasteiger partial charge on any atom is 0.405 e. The second-order valence-electron chi connectivity index (χ2n) is 3.91. The van der Waals surface area contributed by atoms with Crippen molar-refractivity contribution in [1.29, 1.82) is 0 Å². The van der Waals surface area contributed by atoms with E-state index in [-0.39, 0.29) is 0 Å². The van der Waals surface area contributed by atoms with E-state index in [2.05, 4.69) is 17.1 Å². The molecule has 1 saturated heterocycles. The van der Waals surface area contributed by atoms with Gasteiger partial charge < -0.3 is 15.8 Å². The minimum absolute atomic E-state index is 0.325. The van der Waals surface area contributed by atoms with Gasteiger partial charge in [-0.15, -0.1) is 0 Å². The van der Waals surface area contributed by atoms with Gasteiger partial charge in [-0.1, -0.05) is 19.8 Å². The normalized spacial score (nSPS) is 22.6. The van der Waals surface area contributed by atoms with E-state index < -0.39 is 6.09 Å². The van der Waals surface area contributed by atoms with E-state index in [1.807, 2.05) is 0 Å². The van der Waals surface area contributed by atoms with Gasteiger partial charge in [0.1, 0.15) is 6.73 Å². The smallest absolute Gasteiger partial charge is 0.405 e. The predicted octanol–water partition coefficient (Wildman–Crippen LogP) is 0.503. The minimum atomic E-state index is -0.692. The molecule has 15 heavy (non-hydrogen) atoms. The van der Waals surface area contributed by atoms with Gasteiger partial charge in [0.05, 0.1) is 0 Å². The molecule has 0 aliphatic carbocycles. The number of nitrogens with two attached hydrogens (primary N) is 1. The number of carbonyl (C=O) groups is 1.